The van der Waals surface area contributed by atoms with E-state index in [1.165, 1.54) is 31.7 Å². The highest BCUT2D eigenvalue weighted by Crippen LogP contribution is 2.45. The lowest BCUT2D eigenvalue weighted by Crippen LogP contribution is -2.08. The Kier molecular flexibility index (Phi) is 3.41. The summed E-state index contributed by atoms with van der Waals surface area (Å²) in [7, 11) is 0. The summed E-state index contributed by atoms with van der Waals surface area (Å²) in [5, 5.41) is 2.80. The molecule has 1 amide bonds. The van der Waals surface area contributed by atoms with Crippen LogP contribution in [-0.4, -0.2) is 5.91 Å². The molecule has 1 fully saturated rings. The number of carbonyl (C=O) groups is 1. The molecule has 2 nitrogen and oxygen atoms in total. The SMILES string of the molecule is CC(=O)Nc1ccc(CCC2CC3C=CC2C3)cc1. The van der Waals surface area contributed by atoms with Gasteiger partial charge in [0.2, 0.25) is 5.91 Å². The first-order valence-electron chi connectivity index (χ1n) is 7.25. The average molecular weight is 255 g/mol. The fourth-order valence-electron chi connectivity index (χ4n) is 3.54. The van der Waals surface area contributed by atoms with Gasteiger partial charge in [0.25, 0.3) is 0 Å². The van der Waals surface area contributed by atoms with E-state index in [1.807, 2.05) is 12.1 Å². The lowest BCUT2D eigenvalue weighted by atomic mass is 9.88. The predicted octanol–water partition coefficient (Wildman–Crippen LogP) is 3.79. The van der Waals surface area contributed by atoms with Crippen LogP contribution in [0.5, 0.6) is 0 Å². The minimum Gasteiger partial charge on any atom is -0.326 e. The normalized spacial score (nSPS) is 27.7. The Bertz CT molecular complexity index is 488. The van der Waals surface area contributed by atoms with Crippen LogP contribution in [0.4, 0.5) is 5.69 Å². The predicted molar refractivity (Wildman–Crippen MR) is 77.9 cm³/mol. The van der Waals surface area contributed by atoms with Crippen molar-refractivity contribution in [2.75, 3.05) is 5.32 Å². The fourth-order valence-corrected chi connectivity index (χ4v) is 3.54. The third-order valence-corrected chi connectivity index (χ3v) is 4.49. The fraction of sp³-hybridized carbons (Fsp3) is 0.471. The lowest BCUT2D eigenvalue weighted by Gasteiger charge is -2.17. The first-order valence-corrected chi connectivity index (χ1v) is 7.25. The maximum absolute atomic E-state index is 11.0. The van der Waals surface area contributed by atoms with E-state index in [0.29, 0.717) is 0 Å². The molecule has 0 aliphatic heterocycles. The maximum Gasteiger partial charge on any atom is 0.221 e. The van der Waals surface area contributed by atoms with Gasteiger partial charge in [0, 0.05) is 12.6 Å². The molecule has 2 heteroatoms. The highest BCUT2D eigenvalue weighted by molar-refractivity contribution is 5.88. The summed E-state index contributed by atoms with van der Waals surface area (Å²) in [6.07, 6.45) is 10.1. The second-order valence-electron chi connectivity index (χ2n) is 5.96. The van der Waals surface area contributed by atoms with Crippen LogP contribution in [-0.2, 0) is 11.2 Å². The Morgan fingerprint density at radius 1 is 1.21 bits per heavy atom. The number of anilines is 1. The van der Waals surface area contributed by atoms with Crippen LogP contribution in [0.15, 0.2) is 36.4 Å². The summed E-state index contributed by atoms with van der Waals surface area (Å²) in [5.41, 5.74) is 2.26. The van der Waals surface area contributed by atoms with E-state index < -0.39 is 0 Å². The zero-order valence-electron chi connectivity index (χ0n) is 11.4. The number of hydrogen-bond acceptors (Lipinski definition) is 1. The van der Waals surface area contributed by atoms with Crippen LogP contribution in [0, 0.1) is 17.8 Å². The van der Waals surface area contributed by atoms with E-state index in [2.05, 4.69) is 29.6 Å². The Hall–Kier alpha value is -1.57. The molecule has 0 aromatic heterocycles. The van der Waals surface area contributed by atoms with Crippen molar-refractivity contribution in [3.05, 3.63) is 42.0 Å². The van der Waals surface area contributed by atoms with Crippen LogP contribution in [0.1, 0.15) is 31.7 Å². The second-order valence-corrected chi connectivity index (χ2v) is 5.96. The van der Waals surface area contributed by atoms with Crippen molar-refractivity contribution in [3.8, 4) is 0 Å². The van der Waals surface area contributed by atoms with Gasteiger partial charge >= 0.3 is 0 Å². The zero-order chi connectivity index (χ0) is 13.2. The van der Waals surface area contributed by atoms with Crippen LogP contribution in [0.2, 0.25) is 0 Å². The topological polar surface area (TPSA) is 29.1 Å². The van der Waals surface area contributed by atoms with Gasteiger partial charge in [-0.05, 0) is 61.1 Å². The first kappa shape index (κ1) is 12.5. The summed E-state index contributed by atoms with van der Waals surface area (Å²) in [6.45, 7) is 1.54. The molecule has 2 aliphatic carbocycles. The van der Waals surface area contributed by atoms with Gasteiger partial charge in [-0.1, -0.05) is 24.3 Å². The molecule has 1 N–H and O–H groups in total. The number of allylic oxidation sites excluding steroid dienone is 2. The van der Waals surface area contributed by atoms with Gasteiger partial charge in [-0.3, -0.25) is 4.79 Å². The largest absolute Gasteiger partial charge is 0.326 e. The van der Waals surface area contributed by atoms with E-state index in [-0.39, 0.29) is 5.91 Å². The summed E-state index contributed by atoms with van der Waals surface area (Å²) >= 11 is 0. The van der Waals surface area contributed by atoms with Crippen LogP contribution in [0.3, 0.4) is 0 Å². The lowest BCUT2D eigenvalue weighted by molar-refractivity contribution is -0.114. The van der Waals surface area contributed by atoms with E-state index in [1.54, 1.807) is 0 Å². The Morgan fingerprint density at radius 3 is 2.58 bits per heavy atom. The molecule has 2 aliphatic rings. The number of carbonyl (C=O) groups excluding carboxylic acids is 1. The second kappa shape index (κ2) is 5.20. The molecule has 1 aromatic carbocycles. The molecule has 2 bridgehead atoms. The Labute approximate surface area is 114 Å². The first-order chi connectivity index (χ1) is 9.20. The van der Waals surface area contributed by atoms with Crippen molar-refractivity contribution in [1.82, 2.24) is 0 Å². The monoisotopic (exact) mass is 255 g/mol. The van der Waals surface area contributed by atoms with Gasteiger partial charge in [0.05, 0.1) is 0 Å². The minimum atomic E-state index is -0.0125. The van der Waals surface area contributed by atoms with Gasteiger partial charge in [-0.2, -0.15) is 0 Å². The smallest absolute Gasteiger partial charge is 0.221 e. The third kappa shape index (κ3) is 2.89. The number of amides is 1. The van der Waals surface area contributed by atoms with Crippen molar-refractivity contribution < 1.29 is 4.79 Å². The number of rotatable bonds is 4. The van der Waals surface area contributed by atoms with Crippen molar-refractivity contribution in [2.45, 2.75) is 32.6 Å². The molecular formula is C17H21NO. The van der Waals surface area contributed by atoms with Crippen LogP contribution in [0.25, 0.3) is 0 Å². The number of aryl methyl sites for hydroxylation is 1. The summed E-state index contributed by atoms with van der Waals surface area (Å²) in [6, 6.07) is 8.26. The van der Waals surface area contributed by atoms with Crippen molar-refractivity contribution in [3.63, 3.8) is 0 Å². The molecule has 1 saturated carbocycles. The highest BCUT2D eigenvalue weighted by Gasteiger charge is 2.34. The molecule has 0 spiro atoms. The quantitative estimate of drug-likeness (QED) is 0.815. The van der Waals surface area contributed by atoms with Gasteiger partial charge in [-0.15, -0.1) is 0 Å². The number of hydrogen-bond donors (Lipinski definition) is 1. The molecule has 3 rings (SSSR count). The van der Waals surface area contributed by atoms with Crippen molar-refractivity contribution >= 4 is 11.6 Å². The number of fused-ring (bicyclic) bond motifs is 2. The van der Waals surface area contributed by atoms with E-state index in [0.717, 1.165) is 29.9 Å². The van der Waals surface area contributed by atoms with E-state index in [9.17, 15) is 4.79 Å². The molecular weight excluding hydrogens is 234 g/mol. The number of benzene rings is 1. The van der Waals surface area contributed by atoms with Gasteiger partial charge in [0.1, 0.15) is 0 Å². The average Bonchev–Trinajstić information content (AvgIpc) is 2.99. The minimum absolute atomic E-state index is 0.0125. The highest BCUT2D eigenvalue weighted by atomic mass is 16.1. The molecule has 3 atom stereocenters. The molecule has 3 unspecified atom stereocenters. The van der Waals surface area contributed by atoms with Gasteiger partial charge < -0.3 is 5.32 Å². The molecule has 0 saturated heterocycles. The maximum atomic E-state index is 11.0. The van der Waals surface area contributed by atoms with E-state index >= 15 is 0 Å². The van der Waals surface area contributed by atoms with Gasteiger partial charge in [-0.25, -0.2) is 0 Å². The molecule has 0 radical (unpaired) electrons. The van der Waals surface area contributed by atoms with Crippen LogP contribution < -0.4 is 5.32 Å². The van der Waals surface area contributed by atoms with Crippen molar-refractivity contribution in [1.29, 1.82) is 0 Å². The number of nitrogens with one attached hydrogen (secondary N) is 1. The molecule has 19 heavy (non-hydrogen) atoms. The third-order valence-electron chi connectivity index (χ3n) is 4.49. The molecule has 0 heterocycles. The summed E-state index contributed by atoms with van der Waals surface area (Å²) < 4.78 is 0. The standard InChI is InChI=1S/C17H21NO/c1-12(19)18-17-8-4-13(5-9-17)2-6-15-10-14-3-7-16(15)11-14/h3-5,7-9,14-16H,2,6,10-11H2,1H3,(H,18,19). The summed E-state index contributed by atoms with van der Waals surface area (Å²) in [5.74, 6) is 2.60. The van der Waals surface area contributed by atoms with Gasteiger partial charge in [0.15, 0.2) is 0 Å². The summed E-state index contributed by atoms with van der Waals surface area (Å²) in [4.78, 5) is 11.0. The Morgan fingerprint density at radius 2 is 2.00 bits per heavy atom. The zero-order valence-corrected chi connectivity index (χ0v) is 11.4. The molecule has 100 valence electrons. The van der Waals surface area contributed by atoms with Crippen LogP contribution >= 0.6 is 0 Å². The van der Waals surface area contributed by atoms with Crippen molar-refractivity contribution in [2.24, 2.45) is 17.8 Å². The Balaban J connectivity index is 1.53. The molecule has 1 aromatic rings. The van der Waals surface area contributed by atoms with E-state index in [4.69, 9.17) is 0 Å².